The molecule has 0 saturated heterocycles. The van der Waals surface area contributed by atoms with Gasteiger partial charge in [0, 0.05) is 22.6 Å². The molecule has 8 nitrogen and oxygen atoms in total. The molecule has 0 radical (unpaired) electrons. The molecule has 3 aromatic rings. The van der Waals surface area contributed by atoms with Crippen molar-refractivity contribution in [2.75, 3.05) is 35.5 Å². The largest absolute Gasteiger partial charge is 0.497 e. The van der Waals surface area contributed by atoms with Gasteiger partial charge in [-0.1, -0.05) is 0 Å². The van der Waals surface area contributed by atoms with Crippen molar-refractivity contribution in [3.8, 4) is 23.0 Å². The maximum absolute atomic E-state index is 12.9. The Morgan fingerprint density at radius 1 is 0.871 bits per heavy atom. The lowest BCUT2D eigenvalue weighted by atomic mass is 10.1. The molecule has 2 aromatic carbocycles. The Hall–Kier alpha value is -3.94. The molecule has 162 valence electrons. The van der Waals surface area contributed by atoms with Crippen LogP contribution < -0.4 is 18.9 Å². The summed E-state index contributed by atoms with van der Waals surface area (Å²) >= 11 is 0. The number of esters is 1. The minimum atomic E-state index is -0.546. The third kappa shape index (κ3) is 4.18. The van der Waals surface area contributed by atoms with Crippen LogP contribution in [0.3, 0.4) is 0 Å². The highest BCUT2D eigenvalue weighted by atomic mass is 16.5. The third-order valence-corrected chi connectivity index (χ3v) is 4.79. The van der Waals surface area contributed by atoms with E-state index in [2.05, 4.69) is 4.98 Å². The molecular formula is C23H23NO7. The predicted molar refractivity (Wildman–Crippen MR) is 116 cm³/mol. The standard InChI is InChI=1S/C23H23NO7/c1-27-14-6-7-15-16(21(23(26)31-5)24-17(15)12-14)8-9-18(25)13-10-19(28-2)22(30-4)20(11-13)29-3/h6-12,24H,1-5H3/b9-8+. The molecule has 0 bridgehead atoms. The number of aromatic amines is 1. The SMILES string of the molecule is COC(=O)c1[nH]c2cc(OC)ccc2c1/C=C/C(=O)c1cc(OC)c(OC)c(OC)c1. The van der Waals surface area contributed by atoms with Gasteiger partial charge in [-0.15, -0.1) is 0 Å². The number of carbonyl (C=O) groups excluding carboxylic acids is 2. The molecule has 0 aliphatic rings. The summed E-state index contributed by atoms with van der Waals surface area (Å²) in [6.07, 6.45) is 2.95. The second-order valence-electron chi connectivity index (χ2n) is 6.43. The molecule has 1 aromatic heterocycles. The molecule has 0 fully saturated rings. The average molecular weight is 425 g/mol. The van der Waals surface area contributed by atoms with Crippen LogP contribution in [0, 0.1) is 0 Å². The fourth-order valence-corrected chi connectivity index (χ4v) is 3.24. The summed E-state index contributed by atoms with van der Waals surface area (Å²) in [5.74, 6) is 0.910. The minimum absolute atomic E-state index is 0.236. The van der Waals surface area contributed by atoms with Crippen LogP contribution in [-0.4, -0.2) is 52.3 Å². The molecule has 8 heteroatoms. The number of ether oxygens (including phenoxy) is 5. The monoisotopic (exact) mass is 425 g/mol. The van der Waals surface area contributed by atoms with Crippen molar-refractivity contribution in [3.63, 3.8) is 0 Å². The van der Waals surface area contributed by atoms with E-state index in [4.69, 9.17) is 23.7 Å². The zero-order valence-electron chi connectivity index (χ0n) is 17.9. The quantitative estimate of drug-likeness (QED) is 0.332. The molecule has 0 unspecified atom stereocenters. The van der Waals surface area contributed by atoms with Gasteiger partial charge in [-0.25, -0.2) is 4.79 Å². The first-order valence-electron chi connectivity index (χ1n) is 9.27. The lowest BCUT2D eigenvalue weighted by Crippen LogP contribution is -2.03. The van der Waals surface area contributed by atoms with Crippen LogP contribution in [0.4, 0.5) is 0 Å². The number of carbonyl (C=O) groups is 2. The summed E-state index contributed by atoms with van der Waals surface area (Å²) in [6.45, 7) is 0. The van der Waals surface area contributed by atoms with Crippen molar-refractivity contribution >= 4 is 28.7 Å². The summed E-state index contributed by atoms with van der Waals surface area (Å²) in [5.41, 5.74) is 1.79. The van der Waals surface area contributed by atoms with Crippen LogP contribution in [0.25, 0.3) is 17.0 Å². The second-order valence-corrected chi connectivity index (χ2v) is 6.43. The van der Waals surface area contributed by atoms with Crippen molar-refractivity contribution < 1.29 is 33.3 Å². The molecule has 31 heavy (non-hydrogen) atoms. The van der Waals surface area contributed by atoms with Gasteiger partial charge in [0.15, 0.2) is 17.3 Å². The van der Waals surface area contributed by atoms with Crippen LogP contribution in [0.1, 0.15) is 26.4 Å². The minimum Gasteiger partial charge on any atom is -0.497 e. The highest BCUT2D eigenvalue weighted by molar-refractivity contribution is 6.10. The Balaban J connectivity index is 2.05. The molecule has 0 spiro atoms. The highest BCUT2D eigenvalue weighted by Gasteiger charge is 2.19. The Kier molecular flexibility index (Phi) is 6.49. The first kappa shape index (κ1) is 21.8. The highest BCUT2D eigenvalue weighted by Crippen LogP contribution is 2.38. The van der Waals surface area contributed by atoms with E-state index in [1.54, 1.807) is 43.5 Å². The van der Waals surface area contributed by atoms with Gasteiger partial charge in [-0.2, -0.15) is 0 Å². The van der Waals surface area contributed by atoms with Crippen LogP contribution in [0.15, 0.2) is 36.4 Å². The average Bonchev–Trinajstić information content (AvgIpc) is 3.18. The van der Waals surface area contributed by atoms with E-state index in [1.807, 2.05) is 0 Å². The summed E-state index contributed by atoms with van der Waals surface area (Å²) in [4.78, 5) is 28.2. The zero-order chi connectivity index (χ0) is 22.5. The van der Waals surface area contributed by atoms with E-state index in [9.17, 15) is 9.59 Å². The van der Waals surface area contributed by atoms with E-state index in [1.165, 1.54) is 34.5 Å². The number of nitrogens with one attached hydrogen (secondary N) is 1. The molecule has 0 atom stereocenters. The lowest BCUT2D eigenvalue weighted by molar-refractivity contribution is 0.0594. The van der Waals surface area contributed by atoms with Gasteiger partial charge in [0.2, 0.25) is 5.75 Å². The third-order valence-electron chi connectivity index (χ3n) is 4.79. The van der Waals surface area contributed by atoms with Gasteiger partial charge in [0.05, 0.1) is 41.1 Å². The molecule has 0 saturated carbocycles. The van der Waals surface area contributed by atoms with E-state index in [-0.39, 0.29) is 11.5 Å². The van der Waals surface area contributed by atoms with Gasteiger partial charge in [0.1, 0.15) is 11.4 Å². The summed E-state index contributed by atoms with van der Waals surface area (Å²) in [5, 5.41) is 0.746. The summed E-state index contributed by atoms with van der Waals surface area (Å²) in [6, 6.07) is 8.47. The molecular weight excluding hydrogens is 402 g/mol. The predicted octanol–water partition coefficient (Wildman–Crippen LogP) is 3.89. The Morgan fingerprint density at radius 3 is 2.10 bits per heavy atom. The number of methoxy groups -OCH3 is 5. The number of aromatic nitrogens is 1. The van der Waals surface area contributed by atoms with Crippen molar-refractivity contribution in [2.24, 2.45) is 0 Å². The lowest BCUT2D eigenvalue weighted by Gasteiger charge is -2.13. The number of allylic oxidation sites excluding steroid dienone is 1. The van der Waals surface area contributed by atoms with Crippen LogP contribution in [-0.2, 0) is 4.74 Å². The van der Waals surface area contributed by atoms with Gasteiger partial charge in [-0.05, 0) is 36.4 Å². The Labute approximate surface area is 179 Å². The number of H-pyrrole nitrogens is 1. The van der Waals surface area contributed by atoms with Crippen LogP contribution in [0.2, 0.25) is 0 Å². The van der Waals surface area contributed by atoms with Gasteiger partial charge < -0.3 is 28.7 Å². The fraction of sp³-hybridized carbons (Fsp3) is 0.217. The molecule has 0 aliphatic heterocycles. The topological polar surface area (TPSA) is 96.1 Å². The van der Waals surface area contributed by atoms with Crippen LogP contribution >= 0.6 is 0 Å². The smallest absolute Gasteiger partial charge is 0.355 e. The number of ketones is 1. The van der Waals surface area contributed by atoms with E-state index < -0.39 is 5.97 Å². The summed E-state index contributed by atoms with van der Waals surface area (Å²) < 4.78 is 26.0. The molecule has 1 heterocycles. The number of benzene rings is 2. The van der Waals surface area contributed by atoms with Crippen LogP contribution in [0.5, 0.6) is 23.0 Å². The molecule has 0 aliphatic carbocycles. The fourth-order valence-electron chi connectivity index (χ4n) is 3.24. The Bertz CT molecular complexity index is 1140. The second kappa shape index (κ2) is 9.25. The first-order chi connectivity index (χ1) is 15.0. The number of hydrogen-bond donors (Lipinski definition) is 1. The molecule has 0 amide bonds. The van der Waals surface area contributed by atoms with E-state index in [0.29, 0.717) is 39.6 Å². The number of rotatable bonds is 8. The van der Waals surface area contributed by atoms with Crippen molar-refractivity contribution in [1.29, 1.82) is 0 Å². The van der Waals surface area contributed by atoms with Gasteiger partial charge >= 0.3 is 5.97 Å². The number of hydrogen-bond acceptors (Lipinski definition) is 7. The first-order valence-corrected chi connectivity index (χ1v) is 9.27. The van der Waals surface area contributed by atoms with E-state index in [0.717, 1.165) is 5.39 Å². The molecule has 3 rings (SSSR count). The van der Waals surface area contributed by atoms with Crippen molar-refractivity contribution in [3.05, 3.63) is 53.2 Å². The van der Waals surface area contributed by atoms with E-state index >= 15 is 0 Å². The van der Waals surface area contributed by atoms with Gasteiger partial charge in [-0.3, -0.25) is 4.79 Å². The Morgan fingerprint density at radius 2 is 1.55 bits per heavy atom. The normalized spacial score (nSPS) is 10.9. The van der Waals surface area contributed by atoms with Gasteiger partial charge in [0.25, 0.3) is 0 Å². The summed E-state index contributed by atoms with van der Waals surface area (Å²) in [7, 11) is 7.29. The number of fused-ring (bicyclic) bond motifs is 1. The zero-order valence-corrected chi connectivity index (χ0v) is 17.9. The van der Waals surface area contributed by atoms with Crippen molar-refractivity contribution in [1.82, 2.24) is 4.98 Å². The maximum Gasteiger partial charge on any atom is 0.355 e. The maximum atomic E-state index is 12.9. The molecule has 1 N–H and O–H groups in total. The van der Waals surface area contributed by atoms with Crippen molar-refractivity contribution in [2.45, 2.75) is 0 Å².